The maximum Gasteiger partial charge on any atom is 0.288 e. The molecule has 0 amide bonds. The number of anilines is 2. The Labute approximate surface area is 159 Å². The van der Waals surface area contributed by atoms with E-state index in [-0.39, 0.29) is 5.56 Å². The Bertz CT molecular complexity index is 1220. The third kappa shape index (κ3) is 2.44. The van der Waals surface area contributed by atoms with Crippen LogP contribution >= 0.6 is 0 Å². The van der Waals surface area contributed by atoms with Crippen molar-refractivity contribution in [3.05, 3.63) is 76.1 Å². The average molecular weight is 373 g/mol. The van der Waals surface area contributed by atoms with Crippen molar-refractivity contribution in [2.45, 2.75) is 6.04 Å². The van der Waals surface area contributed by atoms with E-state index in [1.807, 2.05) is 54.6 Å². The van der Waals surface area contributed by atoms with Crippen molar-refractivity contribution in [1.29, 1.82) is 0 Å². The summed E-state index contributed by atoms with van der Waals surface area (Å²) in [5.41, 5.74) is 3.14. The van der Waals surface area contributed by atoms with Gasteiger partial charge in [0.05, 0.1) is 12.8 Å². The Morgan fingerprint density at radius 1 is 1.11 bits per heavy atom. The third-order valence-electron chi connectivity index (χ3n) is 4.73. The molecule has 2 aromatic heterocycles. The van der Waals surface area contributed by atoms with Crippen molar-refractivity contribution in [2.24, 2.45) is 0 Å². The van der Waals surface area contributed by atoms with Crippen molar-refractivity contribution >= 4 is 11.6 Å². The average Bonchev–Trinajstić information content (AvgIpc) is 3.22. The molecule has 1 aliphatic heterocycles. The van der Waals surface area contributed by atoms with E-state index >= 15 is 0 Å². The first kappa shape index (κ1) is 16.2. The second-order valence-corrected chi connectivity index (χ2v) is 6.31. The minimum absolute atomic E-state index is 0.336. The fourth-order valence-corrected chi connectivity index (χ4v) is 3.47. The number of methoxy groups -OCH3 is 1. The molecule has 0 saturated heterocycles. The van der Waals surface area contributed by atoms with Gasteiger partial charge in [-0.2, -0.15) is 9.78 Å². The molecule has 2 N–H and O–H groups in total. The predicted octanol–water partition coefficient (Wildman–Crippen LogP) is 2.13. The monoisotopic (exact) mass is 373 g/mol. The number of hydrogen-bond donors (Lipinski definition) is 2. The van der Waals surface area contributed by atoms with Gasteiger partial charge in [0, 0.05) is 11.1 Å². The van der Waals surface area contributed by atoms with Crippen molar-refractivity contribution in [3.8, 4) is 17.0 Å². The molecule has 9 heteroatoms. The molecule has 0 spiro atoms. The Hall–Kier alpha value is -4.01. The number of rotatable bonds is 3. The number of ether oxygens (including phenoxy) is 1. The van der Waals surface area contributed by atoms with E-state index in [0.29, 0.717) is 28.6 Å². The molecule has 3 heterocycles. The molecular formula is C19H15N7O2. The second kappa shape index (κ2) is 6.31. The summed E-state index contributed by atoms with van der Waals surface area (Å²) < 4.78 is 7.03. The Kier molecular flexibility index (Phi) is 3.64. The lowest BCUT2D eigenvalue weighted by atomic mass is 9.92. The van der Waals surface area contributed by atoms with E-state index in [1.54, 1.807) is 11.8 Å². The maximum absolute atomic E-state index is 12.6. The van der Waals surface area contributed by atoms with Crippen LogP contribution in [0.3, 0.4) is 0 Å². The summed E-state index contributed by atoms with van der Waals surface area (Å²) in [4.78, 5) is 12.6. The lowest BCUT2D eigenvalue weighted by molar-refractivity contribution is 0.413. The van der Waals surface area contributed by atoms with E-state index in [2.05, 4.69) is 31.0 Å². The molecule has 138 valence electrons. The molecule has 1 aliphatic rings. The molecule has 9 nitrogen and oxygen atoms in total. The fourth-order valence-electron chi connectivity index (χ4n) is 3.47. The number of benzene rings is 2. The van der Waals surface area contributed by atoms with Crippen LogP contribution in [0.2, 0.25) is 0 Å². The molecule has 4 aromatic rings. The van der Waals surface area contributed by atoms with Gasteiger partial charge in [-0.25, -0.2) is 5.10 Å². The van der Waals surface area contributed by atoms with Gasteiger partial charge in [-0.1, -0.05) is 47.6 Å². The molecule has 0 unspecified atom stereocenters. The molecule has 1 atom stereocenters. The standard InChI is InChI=1S/C19H15N7O2/c1-28-13-9-5-8-12(10-13)17-14-15(11-6-3-2-4-7-11)21-22-18(27)16(14)20-19-23-24-25-26(17)19/h2-10,17H,1H3,(H,22,27)(H,20,23,25)/t17-/m1/s1. The third-order valence-corrected chi connectivity index (χ3v) is 4.73. The van der Waals surface area contributed by atoms with Crippen LogP contribution in [-0.4, -0.2) is 37.5 Å². The Morgan fingerprint density at radius 2 is 1.96 bits per heavy atom. The molecular weight excluding hydrogens is 358 g/mol. The van der Waals surface area contributed by atoms with Crippen LogP contribution in [0.25, 0.3) is 11.3 Å². The van der Waals surface area contributed by atoms with Crippen LogP contribution in [0, 0.1) is 0 Å². The summed E-state index contributed by atoms with van der Waals surface area (Å²) in [6.45, 7) is 0. The Morgan fingerprint density at radius 3 is 2.79 bits per heavy atom. The highest BCUT2D eigenvalue weighted by Crippen LogP contribution is 2.41. The molecule has 0 saturated carbocycles. The van der Waals surface area contributed by atoms with Gasteiger partial charge in [0.25, 0.3) is 5.56 Å². The van der Waals surface area contributed by atoms with Crippen LogP contribution in [-0.2, 0) is 0 Å². The van der Waals surface area contributed by atoms with Gasteiger partial charge in [-0.05, 0) is 28.1 Å². The molecule has 5 rings (SSSR count). The van der Waals surface area contributed by atoms with E-state index in [9.17, 15) is 4.79 Å². The summed E-state index contributed by atoms with van der Waals surface area (Å²) in [7, 11) is 1.61. The van der Waals surface area contributed by atoms with E-state index in [4.69, 9.17) is 4.74 Å². The number of nitrogens with zero attached hydrogens (tertiary/aromatic N) is 5. The minimum atomic E-state index is -0.443. The first-order valence-corrected chi connectivity index (χ1v) is 8.63. The summed E-state index contributed by atoms with van der Waals surface area (Å²) in [6.07, 6.45) is 0. The molecule has 0 bridgehead atoms. The highest BCUT2D eigenvalue weighted by atomic mass is 16.5. The van der Waals surface area contributed by atoms with E-state index < -0.39 is 6.04 Å². The molecule has 28 heavy (non-hydrogen) atoms. The molecule has 0 aliphatic carbocycles. The zero-order chi connectivity index (χ0) is 19.1. The van der Waals surface area contributed by atoms with Gasteiger partial charge >= 0.3 is 0 Å². The van der Waals surface area contributed by atoms with Crippen LogP contribution < -0.4 is 15.6 Å². The van der Waals surface area contributed by atoms with Crippen LogP contribution in [0.5, 0.6) is 5.75 Å². The summed E-state index contributed by atoms with van der Waals surface area (Å²) in [5.74, 6) is 1.09. The first-order chi connectivity index (χ1) is 13.8. The predicted molar refractivity (Wildman–Crippen MR) is 102 cm³/mol. The van der Waals surface area contributed by atoms with Crippen molar-refractivity contribution < 1.29 is 4.74 Å². The zero-order valence-electron chi connectivity index (χ0n) is 14.8. The SMILES string of the molecule is COc1cccc([C@@H]2c3c(-c4ccccc4)n[nH]c(=O)c3Nc3nnnn32)c1. The van der Waals surface area contributed by atoms with E-state index in [1.165, 1.54) is 0 Å². The molecule has 0 radical (unpaired) electrons. The smallest absolute Gasteiger partial charge is 0.288 e. The quantitative estimate of drug-likeness (QED) is 0.498. The van der Waals surface area contributed by atoms with Crippen LogP contribution in [0.4, 0.5) is 11.6 Å². The van der Waals surface area contributed by atoms with Gasteiger partial charge in [0.2, 0.25) is 5.95 Å². The van der Waals surface area contributed by atoms with Crippen molar-refractivity contribution in [2.75, 3.05) is 12.4 Å². The Balaban J connectivity index is 1.82. The summed E-state index contributed by atoms with van der Waals surface area (Å²) >= 11 is 0. The van der Waals surface area contributed by atoms with Crippen molar-refractivity contribution in [3.63, 3.8) is 0 Å². The molecule has 0 fully saturated rings. The first-order valence-electron chi connectivity index (χ1n) is 8.63. The number of tetrazole rings is 1. The number of H-pyrrole nitrogens is 1. The lowest BCUT2D eigenvalue weighted by Gasteiger charge is -2.28. The lowest BCUT2D eigenvalue weighted by Crippen LogP contribution is -2.29. The largest absolute Gasteiger partial charge is 0.497 e. The number of aromatic nitrogens is 6. The second-order valence-electron chi connectivity index (χ2n) is 6.31. The van der Waals surface area contributed by atoms with E-state index in [0.717, 1.165) is 11.1 Å². The fraction of sp³-hybridized carbons (Fsp3) is 0.105. The van der Waals surface area contributed by atoms with Crippen molar-refractivity contribution in [1.82, 2.24) is 30.4 Å². The van der Waals surface area contributed by atoms with Gasteiger partial charge in [0.1, 0.15) is 17.5 Å². The topological polar surface area (TPSA) is 111 Å². The minimum Gasteiger partial charge on any atom is -0.497 e. The van der Waals surface area contributed by atoms with Crippen LogP contribution in [0.1, 0.15) is 17.2 Å². The normalized spacial score (nSPS) is 14.7. The summed E-state index contributed by atoms with van der Waals surface area (Å²) in [6, 6.07) is 16.8. The number of nitrogens with one attached hydrogen (secondary N) is 2. The van der Waals surface area contributed by atoms with Gasteiger partial charge in [-0.15, -0.1) is 0 Å². The number of hydrogen-bond acceptors (Lipinski definition) is 7. The van der Waals surface area contributed by atoms with Crippen LogP contribution in [0.15, 0.2) is 59.4 Å². The zero-order valence-corrected chi connectivity index (χ0v) is 14.8. The molecule has 2 aromatic carbocycles. The highest BCUT2D eigenvalue weighted by molar-refractivity contribution is 5.75. The number of fused-ring (bicyclic) bond motifs is 2. The maximum atomic E-state index is 12.6. The number of aromatic amines is 1. The highest BCUT2D eigenvalue weighted by Gasteiger charge is 2.34. The van der Waals surface area contributed by atoms with Gasteiger partial charge in [-0.3, -0.25) is 4.79 Å². The van der Waals surface area contributed by atoms with Gasteiger partial charge < -0.3 is 10.1 Å². The summed E-state index contributed by atoms with van der Waals surface area (Å²) in [5, 5.41) is 21.9. The van der Waals surface area contributed by atoms with Gasteiger partial charge in [0.15, 0.2) is 0 Å².